The Labute approximate surface area is 227 Å². The van der Waals surface area contributed by atoms with Gasteiger partial charge in [0.15, 0.2) is 5.16 Å². The molecule has 1 aliphatic heterocycles. The van der Waals surface area contributed by atoms with E-state index in [2.05, 4.69) is 24.8 Å². The van der Waals surface area contributed by atoms with Gasteiger partial charge in [-0.25, -0.2) is 24.5 Å². The molecule has 3 heterocycles. The molecule has 0 saturated carbocycles. The monoisotopic (exact) mass is 572 g/mol. The van der Waals surface area contributed by atoms with Gasteiger partial charge in [0.1, 0.15) is 17.3 Å². The number of alkyl halides is 3. The molecule has 0 spiro atoms. The summed E-state index contributed by atoms with van der Waals surface area (Å²) in [4.78, 5) is 39.5. The molecule has 39 heavy (non-hydrogen) atoms. The highest BCUT2D eigenvalue weighted by Gasteiger charge is 2.36. The molecule has 0 amide bonds. The summed E-state index contributed by atoms with van der Waals surface area (Å²) in [6, 6.07) is 2.49. The zero-order chi connectivity index (χ0) is 29.2. The lowest BCUT2D eigenvalue weighted by Gasteiger charge is -2.36. The Hall–Kier alpha value is -3.46. The molecule has 0 aliphatic carbocycles. The van der Waals surface area contributed by atoms with Gasteiger partial charge in [-0.1, -0.05) is 32.5 Å². The van der Waals surface area contributed by atoms with Crippen LogP contribution in [0.3, 0.4) is 0 Å². The number of aromatic hydroxyl groups is 1. The summed E-state index contributed by atoms with van der Waals surface area (Å²) < 4.78 is 40.0. The van der Waals surface area contributed by atoms with E-state index in [0.29, 0.717) is 36.2 Å². The van der Waals surface area contributed by atoms with Crippen LogP contribution < -0.4 is 4.90 Å². The van der Waals surface area contributed by atoms with Crippen LogP contribution in [-0.4, -0.2) is 90.6 Å². The van der Waals surface area contributed by atoms with Crippen LogP contribution in [0.2, 0.25) is 0 Å². The molecule has 1 fully saturated rings. The lowest BCUT2D eigenvalue weighted by Crippen LogP contribution is -2.47. The van der Waals surface area contributed by atoms with E-state index < -0.39 is 29.2 Å². The average molecular weight is 573 g/mol. The number of anilines is 1. The number of carboxylic acid groups (broad SMARTS) is 2. The molecule has 1 saturated heterocycles. The van der Waals surface area contributed by atoms with Gasteiger partial charge in [0.05, 0.1) is 0 Å². The number of thioether (sulfide) groups is 1. The lowest BCUT2D eigenvalue weighted by molar-refractivity contribution is -0.141. The molecule has 11 nitrogen and oxygen atoms in total. The summed E-state index contributed by atoms with van der Waals surface area (Å²) in [5, 5.41) is 25.5. The van der Waals surface area contributed by atoms with Crippen LogP contribution in [0.4, 0.5) is 19.0 Å². The zero-order valence-corrected chi connectivity index (χ0v) is 22.5. The first-order valence-corrected chi connectivity index (χ1v) is 12.9. The Bertz CT molecular complexity index is 1100. The first-order valence-electron chi connectivity index (χ1n) is 11.9. The van der Waals surface area contributed by atoms with Crippen molar-refractivity contribution in [2.75, 3.05) is 43.4 Å². The van der Waals surface area contributed by atoms with Gasteiger partial charge >= 0.3 is 18.1 Å². The van der Waals surface area contributed by atoms with E-state index in [1.807, 2.05) is 25.7 Å². The van der Waals surface area contributed by atoms with Crippen LogP contribution in [0.25, 0.3) is 0 Å². The topological polar surface area (TPSA) is 153 Å². The predicted molar refractivity (Wildman–Crippen MR) is 138 cm³/mol. The molecule has 3 N–H and O–H groups in total. The van der Waals surface area contributed by atoms with Crippen molar-refractivity contribution < 1.29 is 38.1 Å². The van der Waals surface area contributed by atoms with Crippen molar-refractivity contribution in [3.8, 4) is 5.88 Å². The van der Waals surface area contributed by atoms with Crippen molar-refractivity contribution in [2.24, 2.45) is 0 Å². The Morgan fingerprint density at radius 2 is 1.64 bits per heavy atom. The number of hydrogen-bond donors (Lipinski definition) is 3. The van der Waals surface area contributed by atoms with Gasteiger partial charge in [-0.2, -0.15) is 18.2 Å². The van der Waals surface area contributed by atoms with E-state index in [-0.39, 0.29) is 11.7 Å². The van der Waals surface area contributed by atoms with Crippen LogP contribution in [0, 0.1) is 0 Å². The number of rotatable bonds is 8. The van der Waals surface area contributed by atoms with Crippen LogP contribution in [0.5, 0.6) is 5.88 Å². The van der Waals surface area contributed by atoms with Crippen molar-refractivity contribution in [1.82, 2.24) is 24.8 Å². The van der Waals surface area contributed by atoms with Crippen molar-refractivity contribution in [1.29, 1.82) is 0 Å². The first kappa shape index (κ1) is 31.8. The summed E-state index contributed by atoms with van der Waals surface area (Å²) in [6.45, 7) is 9.04. The number of halogens is 3. The Balaban J connectivity index is 0.000000580. The van der Waals surface area contributed by atoms with Gasteiger partial charge in [0, 0.05) is 67.8 Å². The van der Waals surface area contributed by atoms with Crippen LogP contribution >= 0.6 is 11.8 Å². The normalized spacial score (nSPS) is 14.7. The van der Waals surface area contributed by atoms with Gasteiger partial charge in [-0.05, 0) is 13.0 Å². The Morgan fingerprint density at radius 3 is 2.15 bits per heavy atom. The van der Waals surface area contributed by atoms with E-state index >= 15 is 0 Å². The van der Waals surface area contributed by atoms with Crippen molar-refractivity contribution in [2.45, 2.75) is 43.9 Å². The molecule has 0 radical (unpaired) electrons. The minimum absolute atomic E-state index is 0.0401. The van der Waals surface area contributed by atoms with Gasteiger partial charge in [-0.3, -0.25) is 4.90 Å². The molecule has 2 aromatic rings. The molecule has 2 aromatic heterocycles. The van der Waals surface area contributed by atoms with Crippen LogP contribution in [-0.2, 0) is 21.2 Å². The third kappa shape index (κ3) is 11.4. The summed E-state index contributed by atoms with van der Waals surface area (Å²) in [5.74, 6) is -1.20. The number of nitrogens with zero attached hydrogens (tertiary/aromatic N) is 6. The predicted octanol–water partition coefficient (Wildman–Crippen LogP) is 3.30. The van der Waals surface area contributed by atoms with E-state index in [1.165, 1.54) is 24.0 Å². The molecular formula is C24H31F3N6O5S. The second-order valence-corrected chi connectivity index (χ2v) is 10.5. The number of aliphatic carboxylic acids is 2. The molecule has 0 atom stereocenters. The lowest BCUT2D eigenvalue weighted by atomic mass is 9.95. The third-order valence-electron chi connectivity index (χ3n) is 5.21. The molecule has 0 aromatic carbocycles. The average Bonchev–Trinajstić information content (AvgIpc) is 2.85. The molecule has 15 heteroatoms. The van der Waals surface area contributed by atoms with E-state index in [1.54, 1.807) is 0 Å². The second-order valence-electron chi connectivity index (χ2n) is 9.42. The quantitative estimate of drug-likeness (QED) is 0.184. The smallest absolute Gasteiger partial charge is 0.433 e. The van der Waals surface area contributed by atoms with E-state index in [9.17, 15) is 27.9 Å². The number of hydrogen-bond acceptors (Lipinski definition) is 10. The van der Waals surface area contributed by atoms with Crippen molar-refractivity contribution in [3.63, 3.8) is 0 Å². The Morgan fingerprint density at radius 1 is 1.03 bits per heavy atom. The maximum absolute atomic E-state index is 13.3. The third-order valence-corrected chi connectivity index (χ3v) is 6.15. The fourth-order valence-corrected chi connectivity index (χ4v) is 4.02. The minimum atomic E-state index is -4.50. The maximum atomic E-state index is 13.3. The molecule has 3 rings (SSSR count). The van der Waals surface area contributed by atoms with Gasteiger partial charge < -0.3 is 20.2 Å². The van der Waals surface area contributed by atoms with E-state index in [4.69, 9.17) is 10.2 Å². The number of carboxylic acids is 2. The summed E-state index contributed by atoms with van der Waals surface area (Å²) in [5.41, 5.74) is -1.47. The molecule has 214 valence electrons. The molecule has 0 unspecified atom stereocenters. The molecule has 0 bridgehead atoms. The summed E-state index contributed by atoms with van der Waals surface area (Å²) >= 11 is 1.49. The standard InChI is InChI=1S/C20H27F3N6OS.C4H4O4/c1-19(2,3)17-25-14(20(21,22)23)13-15(26-17)29-10-8-28(9-11-29)7-4-12-31-18-24-6-5-16(30)27-18;5-3(6)1-2-4(7)8/h5-6,13H,4,7-12H2,1-3H3,(H,24,27,30);1-2H,(H,5,6)(H,7,8)/b;2-1+. The first-order chi connectivity index (χ1) is 18.1. The van der Waals surface area contributed by atoms with Gasteiger partial charge in [0.25, 0.3) is 0 Å². The zero-order valence-electron chi connectivity index (χ0n) is 21.7. The van der Waals surface area contributed by atoms with E-state index in [0.717, 1.165) is 37.9 Å². The molecule has 1 aliphatic rings. The van der Waals surface area contributed by atoms with Crippen molar-refractivity contribution >= 4 is 29.5 Å². The SMILES string of the molecule is CC(C)(C)c1nc(N2CCN(CCCSc3nccc(O)n3)CC2)cc(C(F)(F)F)n1.O=C(O)/C=C/C(=O)O. The number of piperazine rings is 1. The fraction of sp³-hybridized carbons (Fsp3) is 0.500. The minimum Gasteiger partial charge on any atom is -0.493 e. The second kappa shape index (κ2) is 14.1. The highest BCUT2D eigenvalue weighted by molar-refractivity contribution is 7.99. The summed E-state index contributed by atoms with van der Waals surface area (Å²) in [7, 11) is 0. The van der Waals surface area contributed by atoms with Gasteiger partial charge in [0.2, 0.25) is 5.88 Å². The Kier molecular flexibility index (Phi) is 11.5. The highest BCUT2D eigenvalue weighted by Crippen LogP contribution is 2.32. The number of carbonyl (C=O) groups is 2. The van der Waals surface area contributed by atoms with Crippen molar-refractivity contribution in [3.05, 3.63) is 42.0 Å². The summed E-state index contributed by atoms with van der Waals surface area (Å²) in [6.07, 6.45) is -0.947. The highest BCUT2D eigenvalue weighted by atomic mass is 32.2. The van der Waals surface area contributed by atoms with Crippen LogP contribution in [0.15, 0.2) is 35.6 Å². The fourth-order valence-electron chi connectivity index (χ4n) is 3.27. The van der Waals surface area contributed by atoms with Crippen LogP contribution in [0.1, 0.15) is 38.7 Å². The number of aromatic nitrogens is 4. The molecular weight excluding hydrogens is 541 g/mol. The van der Waals surface area contributed by atoms with Gasteiger partial charge in [-0.15, -0.1) is 0 Å². The largest absolute Gasteiger partial charge is 0.493 e. The maximum Gasteiger partial charge on any atom is 0.433 e.